The third-order valence-corrected chi connectivity index (χ3v) is 5.55. The van der Waals surface area contributed by atoms with Crippen molar-refractivity contribution in [3.05, 3.63) is 70.3 Å². The van der Waals surface area contributed by atoms with Crippen LogP contribution in [0.15, 0.2) is 42.5 Å². The Labute approximate surface area is 150 Å². The lowest BCUT2D eigenvalue weighted by atomic mass is 10.00. The van der Waals surface area contributed by atoms with Crippen molar-refractivity contribution >= 4 is 0 Å². The molecule has 0 saturated heterocycles. The summed E-state index contributed by atoms with van der Waals surface area (Å²) in [6, 6.07) is 15.5. The Morgan fingerprint density at radius 1 is 0.960 bits per heavy atom. The zero-order chi connectivity index (χ0) is 17.1. The Balaban J connectivity index is 1.23. The summed E-state index contributed by atoms with van der Waals surface area (Å²) in [5.41, 5.74) is 7.25. The molecule has 132 valence electrons. The zero-order valence-corrected chi connectivity index (χ0v) is 14.9. The number of aryl methyl sites for hydroxylation is 2. The number of β-amino-alcohol motifs (C(OH)–C–C–N with tert-alkyl or cyclic N) is 1. The molecule has 4 rings (SSSR count). The van der Waals surface area contributed by atoms with Gasteiger partial charge in [0.05, 0.1) is 6.10 Å². The van der Waals surface area contributed by atoms with E-state index in [0.717, 1.165) is 32.6 Å². The van der Waals surface area contributed by atoms with E-state index in [1.807, 2.05) is 0 Å². The van der Waals surface area contributed by atoms with Crippen molar-refractivity contribution in [2.24, 2.45) is 0 Å². The Morgan fingerprint density at radius 2 is 1.76 bits per heavy atom. The smallest absolute Gasteiger partial charge is 0.0791 e. The lowest BCUT2D eigenvalue weighted by Gasteiger charge is -2.30. The fraction of sp³-hybridized carbons (Fsp3) is 0.455. The van der Waals surface area contributed by atoms with Crippen molar-refractivity contribution in [3.63, 3.8) is 0 Å². The maximum absolute atomic E-state index is 10.4. The summed E-state index contributed by atoms with van der Waals surface area (Å²) in [5, 5.41) is 13.8. The fourth-order valence-corrected chi connectivity index (χ4v) is 4.19. The van der Waals surface area contributed by atoms with Gasteiger partial charge < -0.3 is 10.4 Å². The molecule has 3 nitrogen and oxygen atoms in total. The summed E-state index contributed by atoms with van der Waals surface area (Å²) in [4.78, 5) is 2.37. The average Bonchev–Trinajstić information content (AvgIpc) is 3.09. The molecular weight excluding hydrogens is 308 g/mol. The molecule has 1 heterocycles. The van der Waals surface area contributed by atoms with E-state index in [4.69, 9.17) is 0 Å². The van der Waals surface area contributed by atoms with E-state index < -0.39 is 0 Å². The highest BCUT2D eigenvalue weighted by Crippen LogP contribution is 2.22. The van der Waals surface area contributed by atoms with Crippen molar-refractivity contribution in [1.29, 1.82) is 0 Å². The molecule has 0 radical (unpaired) electrons. The molecule has 3 heteroatoms. The van der Waals surface area contributed by atoms with E-state index >= 15 is 0 Å². The molecule has 0 fully saturated rings. The Hall–Kier alpha value is -1.68. The molecule has 0 unspecified atom stereocenters. The van der Waals surface area contributed by atoms with Gasteiger partial charge in [-0.05, 0) is 53.5 Å². The van der Waals surface area contributed by atoms with Gasteiger partial charge in [-0.1, -0.05) is 42.5 Å². The largest absolute Gasteiger partial charge is 0.390 e. The van der Waals surface area contributed by atoms with Crippen LogP contribution in [0.5, 0.6) is 0 Å². The van der Waals surface area contributed by atoms with Crippen LogP contribution in [0.4, 0.5) is 0 Å². The third kappa shape index (κ3) is 4.12. The van der Waals surface area contributed by atoms with E-state index in [0.29, 0.717) is 6.54 Å². The van der Waals surface area contributed by atoms with Crippen LogP contribution in [0.25, 0.3) is 0 Å². The molecule has 2 aromatic carbocycles. The van der Waals surface area contributed by atoms with Crippen LogP contribution in [-0.4, -0.2) is 35.7 Å². The number of nitrogens with one attached hydrogen (secondary N) is 1. The molecule has 1 aliphatic carbocycles. The van der Waals surface area contributed by atoms with E-state index in [1.165, 1.54) is 47.1 Å². The predicted octanol–water partition coefficient (Wildman–Crippen LogP) is 2.68. The number of nitrogens with zero attached hydrogens (tertiary/aromatic N) is 1. The monoisotopic (exact) mass is 336 g/mol. The quantitative estimate of drug-likeness (QED) is 0.851. The summed E-state index contributed by atoms with van der Waals surface area (Å²) in [6.45, 7) is 4.23. The highest BCUT2D eigenvalue weighted by molar-refractivity contribution is 5.35. The minimum Gasteiger partial charge on any atom is -0.390 e. The van der Waals surface area contributed by atoms with Crippen molar-refractivity contribution in [3.8, 4) is 0 Å². The summed E-state index contributed by atoms with van der Waals surface area (Å²) in [5.74, 6) is 0. The first-order valence-electron chi connectivity index (χ1n) is 9.56. The average molecular weight is 336 g/mol. The molecule has 0 saturated carbocycles. The van der Waals surface area contributed by atoms with E-state index in [1.54, 1.807) is 0 Å². The molecule has 1 aliphatic heterocycles. The van der Waals surface area contributed by atoms with Crippen LogP contribution in [0.2, 0.25) is 0 Å². The molecular formula is C22H28N2O. The second-order valence-electron chi connectivity index (χ2n) is 7.50. The molecule has 0 bridgehead atoms. The Morgan fingerprint density at radius 3 is 2.68 bits per heavy atom. The van der Waals surface area contributed by atoms with Crippen molar-refractivity contribution in [1.82, 2.24) is 10.2 Å². The van der Waals surface area contributed by atoms with Gasteiger partial charge in [-0.25, -0.2) is 0 Å². The Bertz CT molecular complexity index is 728. The molecule has 2 aliphatic rings. The minimum absolute atomic E-state index is 0.320. The van der Waals surface area contributed by atoms with Crippen LogP contribution >= 0.6 is 0 Å². The molecule has 0 amide bonds. The predicted molar refractivity (Wildman–Crippen MR) is 102 cm³/mol. The second-order valence-corrected chi connectivity index (χ2v) is 7.50. The summed E-state index contributed by atoms with van der Waals surface area (Å²) in [6.07, 6.45) is 4.53. The normalized spacial score (nSPS) is 18.0. The van der Waals surface area contributed by atoms with Crippen LogP contribution < -0.4 is 5.32 Å². The van der Waals surface area contributed by atoms with Crippen LogP contribution in [0.1, 0.15) is 34.2 Å². The highest BCUT2D eigenvalue weighted by atomic mass is 16.3. The lowest BCUT2D eigenvalue weighted by Crippen LogP contribution is -2.40. The van der Waals surface area contributed by atoms with E-state index in [2.05, 4.69) is 52.7 Å². The topological polar surface area (TPSA) is 35.5 Å². The number of fused-ring (bicyclic) bond motifs is 2. The van der Waals surface area contributed by atoms with Gasteiger partial charge in [-0.15, -0.1) is 0 Å². The highest BCUT2D eigenvalue weighted by Gasteiger charge is 2.18. The van der Waals surface area contributed by atoms with E-state index in [-0.39, 0.29) is 6.10 Å². The zero-order valence-electron chi connectivity index (χ0n) is 14.9. The van der Waals surface area contributed by atoms with Crippen molar-refractivity contribution in [2.45, 2.75) is 44.9 Å². The van der Waals surface area contributed by atoms with Gasteiger partial charge >= 0.3 is 0 Å². The van der Waals surface area contributed by atoms with Crippen molar-refractivity contribution < 1.29 is 5.11 Å². The van der Waals surface area contributed by atoms with Gasteiger partial charge in [0.25, 0.3) is 0 Å². The van der Waals surface area contributed by atoms with Gasteiger partial charge in [0.2, 0.25) is 0 Å². The standard InChI is InChI=1S/C22H28N2O/c25-22(16-24-11-10-19-4-1-2-5-21(19)15-24)14-23-13-17-8-9-18-6-3-7-20(18)12-17/h1-2,4-5,8-9,12,22-23,25H,3,6-7,10-11,13-16H2/t22-/m1/s1. The number of hydrogen-bond donors (Lipinski definition) is 2. The van der Waals surface area contributed by atoms with Crippen LogP contribution in [0, 0.1) is 0 Å². The number of aliphatic hydroxyl groups is 1. The van der Waals surface area contributed by atoms with Crippen molar-refractivity contribution in [2.75, 3.05) is 19.6 Å². The second kappa shape index (κ2) is 7.69. The Kier molecular flexibility index (Phi) is 5.16. The van der Waals surface area contributed by atoms with Gasteiger partial charge in [-0.3, -0.25) is 4.90 Å². The number of aliphatic hydroxyl groups excluding tert-OH is 1. The molecule has 0 spiro atoms. The molecule has 2 N–H and O–H groups in total. The summed E-state index contributed by atoms with van der Waals surface area (Å²) < 4.78 is 0. The van der Waals surface area contributed by atoms with Crippen LogP contribution in [-0.2, 0) is 32.4 Å². The summed E-state index contributed by atoms with van der Waals surface area (Å²) in [7, 11) is 0. The molecule has 2 aromatic rings. The number of benzene rings is 2. The first-order valence-corrected chi connectivity index (χ1v) is 9.56. The SMILES string of the molecule is O[C@H](CNCc1ccc2c(c1)CCC2)CN1CCc2ccccc2C1. The summed E-state index contributed by atoms with van der Waals surface area (Å²) >= 11 is 0. The fourth-order valence-electron chi connectivity index (χ4n) is 4.19. The molecule has 0 aromatic heterocycles. The number of hydrogen-bond acceptors (Lipinski definition) is 3. The molecule has 1 atom stereocenters. The third-order valence-electron chi connectivity index (χ3n) is 5.55. The van der Waals surface area contributed by atoms with Gasteiger partial charge in [0.1, 0.15) is 0 Å². The number of rotatable bonds is 6. The first-order chi connectivity index (χ1) is 12.3. The maximum atomic E-state index is 10.4. The van der Waals surface area contributed by atoms with E-state index in [9.17, 15) is 5.11 Å². The first kappa shape index (κ1) is 16.8. The van der Waals surface area contributed by atoms with Crippen LogP contribution in [0.3, 0.4) is 0 Å². The van der Waals surface area contributed by atoms with Gasteiger partial charge in [0.15, 0.2) is 0 Å². The van der Waals surface area contributed by atoms with Gasteiger partial charge in [-0.2, -0.15) is 0 Å². The lowest BCUT2D eigenvalue weighted by molar-refractivity contribution is 0.104. The maximum Gasteiger partial charge on any atom is 0.0791 e. The minimum atomic E-state index is -0.320. The van der Waals surface area contributed by atoms with Gasteiger partial charge in [0, 0.05) is 32.7 Å². The molecule has 25 heavy (non-hydrogen) atoms.